The maximum absolute atomic E-state index is 11.9. The Morgan fingerprint density at radius 2 is 2.05 bits per heavy atom. The van der Waals surface area contributed by atoms with Crippen LogP contribution in [0.2, 0.25) is 5.02 Å². The number of nitrogens with one attached hydrogen (secondary N) is 1. The zero-order valence-electron chi connectivity index (χ0n) is 10.6. The number of hydrogen-bond acceptors (Lipinski definition) is 2. The third-order valence-electron chi connectivity index (χ3n) is 2.89. The number of rotatable bonds is 4. The molecule has 0 aliphatic carbocycles. The van der Waals surface area contributed by atoms with Gasteiger partial charge < -0.3 is 5.32 Å². The van der Waals surface area contributed by atoms with Crippen molar-refractivity contribution in [2.24, 2.45) is 0 Å². The molecule has 0 fully saturated rings. The lowest BCUT2D eigenvalue weighted by atomic mass is 10.0. The zero-order valence-corrected chi connectivity index (χ0v) is 11.4. The van der Waals surface area contributed by atoms with E-state index in [1.807, 2.05) is 18.2 Å². The number of hydrogen-bond donors (Lipinski definition) is 1. The summed E-state index contributed by atoms with van der Waals surface area (Å²) < 4.78 is 0. The van der Waals surface area contributed by atoms with Gasteiger partial charge in [0.25, 0.3) is 5.91 Å². The van der Waals surface area contributed by atoms with Crippen LogP contribution in [-0.2, 0) is 0 Å². The average molecular weight is 275 g/mol. The van der Waals surface area contributed by atoms with Crippen molar-refractivity contribution in [2.45, 2.75) is 12.8 Å². The maximum atomic E-state index is 11.9. The van der Waals surface area contributed by atoms with Crippen LogP contribution in [0.25, 0.3) is 0 Å². The molecule has 0 aliphatic rings. The first-order valence-corrected chi connectivity index (χ1v) is 6.49. The molecule has 98 valence electrons. The van der Waals surface area contributed by atoms with Gasteiger partial charge in [-0.15, -0.1) is 0 Å². The van der Waals surface area contributed by atoms with Crippen molar-refractivity contribution >= 4 is 17.5 Å². The van der Waals surface area contributed by atoms with Crippen LogP contribution in [0.3, 0.4) is 0 Å². The maximum Gasteiger partial charge on any atom is 0.269 e. The predicted molar refractivity (Wildman–Crippen MR) is 76.4 cm³/mol. The fourth-order valence-electron chi connectivity index (χ4n) is 1.76. The molecule has 19 heavy (non-hydrogen) atoms. The van der Waals surface area contributed by atoms with Crippen molar-refractivity contribution < 1.29 is 4.79 Å². The zero-order chi connectivity index (χ0) is 13.7. The number of amides is 1. The standard InChI is InChI=1S/C15H15ClN2O/c1-11(12-5-3-2-4-6-12)10-18-15(19)14-9-13(16)7-8-17-14/h2-9,11H,10H2,1H3,(H,18,19)/t11-/m0/s1. The molecule has 0 saturated carbocycles. The van der Waals surface area contributed by atoms with Crippen molar-refractivity contribution in [3.8, 4) is 0 Å². The molecule has 0 radical (unpaired) electrons. The highest BCUT2D eigenvalue weighted by atomic mass is 35.5. The number of halogens is 1. The highest BCUT2D eigenvalue weighted by molar-refractivity contribution is 6.30. The van der Waals surface area contributed by atoms with Gasteiger partial charge in [0.05, 0.1) is 0 Å². The topological polar surface area (TPSA) is 42.0 Å². The third-order valence-corrected chi connectivity index (χ3v) is 3.13. The molecule has 2 aromatic rings. The molecular weight excluding hydrogens is 260 g/mol. The van der Waals surface area contributed by atoms with Gasteiger partial charge >= 0.3 is 0 Å². The summed E-state index contributed by atoms with van der Waals surface area (Å²) in [6.07, 6.45) is 1.53. The third kappa shape index (κ3) is 3.80. The molecule has 4 heteroatoms. The van der Waals surface area contributed by atoms with E-state index in [1.54, 1.807) is 12.1 Å². The van der Waals surface area contributed by atoms with Crippen LogP contribution in [0.1, 0.15) is 28.9 Å². The molecule has 0 bridgehead atoms. The van der Waals surface area contributed by atoms with Crippen molar-refractivity contribution in [2.75, 3.05) is 6.54 Å². The van der Waals surface area contributed by atoms with Gasteiger partial charge in [-0.1, -0.05) is 48.9 Å². The van der Waals surface area contributed by atoms with Crippen LogP contribution in [0.4, 0.5) is 0 Å². The van der Waals surface area contributed by atoms with E-state index in [0.29, 0.717) is 17.3 Å². The fourth-order valence-corrected chi connectivity index (χ4v) is 1.92. The minimum atomic E-state index is -0.203. The summed E-state index contributed by atoms with van der Waals surface area (Å²) in [5, 5.41) is 3.37. The second kappa shape index (κ2) is 6.34. The van der Waals surface area contributed by atoms with Crippen LogP contribution in [0, 0.1) is 0 Å². The van der Waals surface area contributed by atoms with E-state index in [1.165, 1.54) is 11.8 Å². The van der Waals surface area contributed by atoms with Crippen LogP contribution >= 0.6 is 11.6 Å². The van der Waals surface area contributed by atoms with Gasteiger partial charge in [-0.25, -0.2) is 0 Å². The van der Waals surface area contributed by atoms with Crippen molar-refractivity contribution in [3.63, 3.8) is 0 Å². The molecule has 0 saturated heterocycles. The first-order chi connectivity index (χ1) is 9.16. The Kier molecular flexibility index (Phi) is 4.53. The minimum absolute atomic E-state index is 0.203. The first kappa shape index (κ1) is 13.6. The lowest BCUT2D eigenvalue weighted by Gasteiger charge is -2.12. The number of nitrogens with zero attached hydrogens (tertiary/aromatic N) is 1. The molecule has 1 amide bonds. The van der Waals surface area contributed by atoms with Crippen LogP contribution in [0.15, 0.2) is 48.7 Å². The number of carbonyl (C=O) groups excluding carboxylic acids is 1. The SMILES string of the molecule is C[C@@H](CNC(=O)c1cc(Cl)ccn1)c1ccccc1. The van der Waals surface area contributed by atoms with Crippen molar-refractivity contribution in [3.05, 3.63) is 64.9 Å². The smallest absolute Gasteiger partial charge is 0.269 e. The van der Waals surface area contributed by atoms with Crippen molar-refractivity contribution in [1.82, 2.24) is 10.3 Å². The molecule has 1 atom stereocenters. The summed E-state index contributed by atoms with van der Waals surface area (Å²) >= 11 is 5.83. The molecule has 1 heterocycles. The van der Waals surface area contributed by atoms with Gasteiger partial charge in [0.15, 0.2) is 0 Å². The molecule has 0 aliphatic heterocycles. The second-order valence-corrected chi connectivity index (χ2v) is 4.82. The van der Waals surface area contributed by atoms with Crippen LogP contribution < -0.4 is 5.32 Å². The number of pyridine rings is 1. The summed E-state index contributed by atoms with van der Waals surface area (Å²) in [4.78, 5) is 15.9. The van der Waals surface area contributed by atoms with E-state index in [9.17, 15) is 4.79 Å². The Labute approximate surface area is 117 Å². The average Bonchev–Trinajstić information content (AvgIpc) is 2.45. The Bertz CT molecular complexity index is 557. The fraction of sp³-hybridized carbons (Fsp3) is 0.200. The molecule has 3 nitrogen and oxygen atoms in total. The number of benzene rings is 1. The Balaban J connectivity index is 1.94. The molecule has 1 aromatic heterocycles. The molecule has 0 spiro atoms. The first-order valence-electron chi connectivity index (χ1n) is 6.11. The summed E-state index contributed by atoms with van der Waals surface area (Å²) in [6, 6.07) is 13.3. The Morgan fingerprint density at radius 3 is 2.74 bits per heavy atom. The summed E-state index contributed by atoms with van der Waals surface area (Å²) in [5.74, 6) is 0.0506. The van der Waals surface area contributed by atoms with Crippen LogP contribution in [-0.4, -0.2) is 17.4 Å². The molecule has 0 unspecified atom stereocenters. The highest BCUT2D eigenvalue weighted by Gasteiger charge is 2.10. The number of aromatic nitrogens is 1. The van der Waals surface area contributed by atoms with E-state index in [4.69, 9.17) is 11.6 Å². The Hall–Kier alpha value is -1.87. The van der Waals surface area contributed by atoms with Crippen molar-refractivity contribution in [1.29, 1.82) is 0 Å². The second-order valence-electron chi connectivity index (χ2n) is 4.38. The molecule has 1 N–H and O–H groups in total. The lowest BCUT2D eigenvalue weighted by Crippen LogP contribution is -2.28. The van der Waals surface area contributed by atoms with Gasteiger partial charge in [0.1, 0.15) is 5.69 Å². The van der Waals surface area contributed by atoms with Crippen LogP contribution in [0.5, 0.6) is 0 Å². The van der Waals surface area contributed by atoms with E-state index in [0.717, 1.165) is 0 Å². The quantitative estimate of drug-likeness (QED) is 0.930. The summed E-state index contributed by atoms with van der Waals surface area (Å²) in [5.41, 5.74) is 1.54. The van der Waals surface area contributed by atoms with E-state index < -0.39 is 0 Å². The monoisotopic (exact) mass is 274 g/mol. The van der Waals surface area contributed by atoms with E-state index in [-0.39, 0.29) is 11.8 Å². The van der Waals surface area contributed by atoms with E-state index in [2.05, 4.69) is 29.4 Å². The summed E-state index contributed by atoms with van der Waals surface area (Å²) in [7, 11) is 0. The largest absolute Gasteiger partial charge is 0.350 e. The predicted octanol–water partition coefficient (Wildman–Crippen LogP) is 3.27. The van der Waals surface area contributed by atoms with Gasteiger partial charge in [-0.05, 0) is 23.6 Å². The Morgan fingerprint density at radius 1 is 1.32 bits per heavy atom. The normalized spacial score (nSPS) is 11.9. The van der Waals surface area contributed by atoms with E-state index >= 15 is 0 Å². The highest BCUT2D eigenvalue weighted by Crippen LogP contribution is 2.13. The minimum Gasteiger partial charge on any atom is -0.350 e. The van der Waals surface area contributed by atoms with Gasteiger partial charge in [0, 0.05) is 17.8 Å². The van der Waals surface area contributed by atoms with Gasteiger partial charge in [-0.3, -0.25) is 9.78 Å². The molecule has 2 rings (SSSR count). The summed E-state index contributed by atoms with van der Waals surface area (Å²) in [6.45, 7) is 2.64. The van der Waals surface area contributed by atoms with Gasteiger partial charge in [0.2, 0.25) is 0 Å². The molecule has 1 aromatic carbocycles. The molecular formula is C15H15ClN2O. The lowest BCUT2D eigenvalue weighted by molar-refractivity contribution is 0.0946. The van der Waals surface area contributed by atoms with Gasteiger partial charge in [-0.2, -0.15) is 0 Å². The number of carbonyl (C=O) groups is 1.